The predicted octanol–water partition coefficient (Wildman–Crippen LogP) is 4.22. The van der Waals surface area contributed by atoms with E-state index in [1.54, 1.807) is 0 Å². The van der Waals surface area contributed by atoms with Crippen LogP contribution in [0.2, 0.25) is 0 Å². The zero-order chi connectivity index (χ0) is 21.3. The van der Waals surface area contributed by atoms with Crippen LogP contribution < -0.4 is 5.32 Å². The Balaban J connectivity index is 1.79. The van der Waals surface area contributed by atoms with Crippen molar-refractivity contribution in [1.82, 2.24) is 4.90 Å². The van der Waals surface area contributed by atoms with Crippen LogP contribution >= 0.6 is 0 Å². The molecule has 0 aromatic heterocycles. The Hall–Kier alpha value is -3.61. The fourth-order valence-electron chi connectivity index (χ4n) is 3.59. The Labute approximate surface area is 170 Å². The van der Waals surface area contributed by atoms with Crippen LogP contribution in [0.15, 0.2) is 66.7 Å². The van der Waals surface area contributed by atoms with E-state index in [9.17, 15) is 22.8 Å². The molecule has 0 spiro atoms. The largest absolute Gasteiger partial charge is 0.324 e. The first-order valence-corrected chi connectivity index (χ1v) is 9.29. The minimum atomic E-state index is -0.803. The zero-order valence-electron chi connectivity index (χ0n) is 15.7. The average Bonchev–Trinajstić information content (AvgIpc) is 2.86. The Morgan fingerprint density at radius 3 is 2.17 bits per heavy atom. The maximum absolute atomic E-state index is 14.1. The van der Waals surface area contributed by atoms with Gasteiger partial charge in [0.05, 0.1) is 12.5 Å². The maximum Gasteiger partial charge on any atom is 0.244 e. The first kappa shape index (κ1) is 19.7. The molecule has 4 rings (SSSR count). The molecule has 0 radical (unpaired) electrons. The molecular formula is C23H17F3N2O2. The number of benzene rings is 3. The highest BCUT2D eigenvalue weighted by atomic mass is 19.1. The Bertz CT molecular complexity index is 1100. The van der Waals surface area contributed by atoms with Gasteiger partial charge in [-0.2, -0.15) is 0 Å². The van der Waals surface area contributed by atoms with Gasteiger partial charge in [0.25, 0.3) is 0 Å². The number of hydrogen-bond acceptors (Lipinski definition) is 2. The van der Waals surface area contributed by atoms with Crippen molar-refractivity contribution in [2.24, 2.45) is 0 Å². The van der Waals surface area contributed by atoms with Crippen molar-refractivity contribution in [2.45, 2.75) is 12.5 Å². The van der Waals surface area contributed by atoms with Gasteiger partial charge in [0.2, 0.25) is 11.8 Å². The summed E-state index contributed by atoms with van der Waals surface area (Å²) in [6.07, 6.45) is -0.0735. The minimum absolute atomic E-state index is 0.0735. The molecule has 3 aromatic rings. The van der Waals surface area contributed by atoms with Crippen LogP contribution in [0, 0.1) is 17.5 Å². The van der Waals surface area contributed by atoms with Crippen molar-refractivity contribution in [3.63, 3.8) is 0 Å². The number of fused-ring (bicyclic) bond motifs is 1. The third kappa shape index (κ3) is 4.05. The molecular weight excluding hydrogens is 393 g/mol. The Morgan fingerprint density at radius 2 is 1.50 bits per heavy atom. The molecule has 0 saturated carbocycles. The van der Waals surface area contributed by atoms with Gasteiger partial charge in [0.15, 0.2) is 0 Å². The summed E-state index contributed by atoms with van der Waals surface area (Å²) >= 11 is 0. The molecule has 7 heteroatoms. The Kier molecular flexibility index (Phi) is 5.27. The van der Waals surface area contributed by atoms with Crippen LogP contribution in [0.3, 0.4) is 0 Å². The van der Waals surface area contributed by atoms with Crippen molar-refractivity contribution >= 4 is 17.5 Å². The van der Waals surface area contributed by atoms with Gasteiger partial charge in [0, 0.05) is 11.3 Å². The van der Waals surface area contributed by atoms with E-state index in [1.165, 1.54) is 71.6 Å². The minimum Gasteiger partial charge on any atom is -0.324 e. The molecule has 1 aliphatic rings. The van der Waals surface area contributed by atoms with Crippen molar-refractivity contribution < 1.29 is 22.8 Å². The summed E-state index contributed by atoms with van der Waals surface area (Å²) in [6.45, 7) is -0.266. The van der Waals surface area contributed by atoms with Gasteiger partial charge in [-0.15, -0.1) is 0 Å². The van der Waals surface area contributed by atoms with Gasteiger partial charge in [-0.3, -0.25) is 9.59 Å². The number of rotatable bonds is 3. The van der Waals surface area contributed by atoms with Crippen LogP contribution in [-0.2, 0) is 16.0 Å². The maximum atomic E-state index is 14.1. The smallest absolute Gasteiger partial charge is 0.244 e. The lowest BCUT2D eigenvalue weighted by Crippen LogP contribution is -2.39. The van der Waals surface area contributed by atoms with Gasteiger partial charge in [0.1, 0.15) is 24.0 Å². The number of nitrogens with one attached hydrogen (secondary N) is 1. The van der Waals surface area contributed by atoms with E-state index in [2.05, 4.69) is 5.32 Å². The zero-order valence-corrected chi connectivity index (χ0v) is 15.7. The lowest BCUT2D eigenvalue weighted by molar-refractivity contribution is -0.135. The fourth-order valence-corrected chi connectivity index (χ4v) is 3.59. The molecule has 3 aromatic carbocycles. The molecule has 0 fully saturated rings. The van der Waals surface area contributed by atoms with E-state index in [4.69, 9.17) is 0 Å². The molecule has 1 aliphatic heterocycles. The van der Waals surface area contributed by atoms with Crippen LogP contribution in [0.4, 0.5) is 18.9 Å². The van der Waals surface area contributed by atoms with Crippen molar-refractivity contribution in [3.8, 4) is 0 Å². The van der Waals surface area contributed by atoms with Gasteiger partial charge >= 0.3 is 0 Å². The standard InChI is InChI=1S/C23H17F3N2O2/c24-16-5-1-14(2-6-16)11-22(30)28-13-21(29)27-20-10-9-18(26)12-19(20)23(28)15-3-7-17(25)8-4-15/h1-10,12,23H,11,13H2,(H,27,29)/t23-/m0/s1. The highest BCUT2D eigenvalue weighted by molar-refractivity contribution is 5.97. The van der Waals surface area contributed by atoms with Gasteiger partial charge in [-0.1, -0.05) is 24.3 Å². The Morgan fingerprint density at radius 1 is 0.900 bits per heavy atom. The van der Waals surface area contributed by atoms with Crippen LogP contribution in [-0.4, -0.2) is 23.3 Å². The topological polar surface area (TPSA) is 49.4 Å². The quantitative estimate of drug-likeness (QED) is 0.703. The van der Waals surface area contributed by atoms with Crippen LogP contribution in [0.5, 0.6) is 0 Å². The number of carbonyl (C=O) groups excluding carboxylic acids is 2. The molecule has 0 saturated heterocycles. The predicted molar refractivity (Wildman–Crippen MR) is 105 cm³/mol. The highest BCUT2D eigenvalue weighted by Gasteiger charge is 2.33. The number of hydrogen-bond donors (Lipinski definition) is 1. The third-order valence-corrected chi connectivity index (χ3v) is 4.98. The van der Waals surface area contributed by atoms with Gasteiger partial charge in [-0.25, -0.2) is 13.2 Å². The number of anilines is 1. The molecule has 0 aliphatic carbocycles. The highest BCUT2D eigenvalue weighted by Crippen LogP contribution is 2.36. The second kappa shape index (κ2) is 8.02. The summed E-state index contributed by atoms with van der Waals surface area (Å²) in [7, 11) is 0. The second-order valence-corrected chi connectivity index (χ2v) is 7.06. The van der Waals surface area contributed by atoms with E-state index in [0.717, 1.165) is 0 Å². The number of halogens is 3. The number of nitrogens with zero attached hydrogens (tertiary/aromatic N) is 1. The van der Waals surface area contributed by atoms with Crippen molar-refractivity contribution in [1.29, 1.82) is 0 Å². The molecule has 152 valence electrons. The van der Waals surface area contributed by atoms with Crippen molar-refractivity contribution in [3.05, 3.63) is 101 Å². The SMILES string of the molecule is O=C1CN(C(=O)Cc2ccc(F)cc2)[C@@H](c2ccc(F)cc2)c2cc(F)ccc2N1. The lowest BCUT2D eigenvalue weighted by Gasteiger charge is -2.30. The average molecular weight is 410 g/mol. The van der Waals surface area contributed by atoms with Crippen molar-refractivity contribution in [2.75, 3.05) is 11.9 Å². The molecule has 1 heterocycles. The molecule has 4 nitrogen and oxygen atoms in total. The number of amides is 2. The molecule has 1 atom stereocenters. The molecule has 0 unspecified atom stereocenters. The summed E-state index contributed by atoms with van der Waals surface area (Å²) in [5, 5.41) is 2.69. The normalized spacial score (nSPS) is 15.9. The molecule has 30 heavy (non-hydrogen) atoms. The van der Waals surface area contributed by atoms with E-state index in [-0.39, 0.29) is 13.0 Å². The molecule has 0 bridgehead atoms. The summed E-state index contributed by atoms with van der Waals surface area (Å²) < 4.78 is 40.8. The van der Waals surface area contributed by atoms with E-state index in [1.807, 2.05) is 0 Å². The summed E-state index contributed by atoms with van der Waals surface area (Å²) in [6, 6.07) is 14.1. The molecule has 2 amide bonds. The van der Waals surface area contributed by atoms with Crippen LogP contribution in [0.25, 0.3) is 0 Å². The summed E-state index contributed by atoms with van der Waals surface area (Å²) in [5.41, 5.74) is 1.88. The first-order chi connectivity index (χ1) is 14.4. The van der Waals surface area contributed by atoms with Gasteiger partial charge in [-0.05, 0) is 53.6 Å². The second-order valence-electron chi connectivity index (χ2n) is 7.06. The fraction of sp³-hybridized carbons (Fsp3) is 0.130. The van der Waals surface area contributed by atoms with E-state index in [0.29, 0.717) is 22.4 Å². The van der Waals surface area contributed by atoms with Crippen LogP contribution in [0.1, 0.15) is 22.7 Å². The van der Waals surface area contributed by atoms with E-state index >= 15 is 0 Å². The summed E-state index contributed by atoms with van der Waals surface area (Å²) in [5.74, 6) is -2.23. The monoisotopic (exact) mass is 410 g/mol. The third-order valence-electron chi connectivity index (χ3n) is 4.98. The van der Waals surface area contributed by atoms with E-state index < -0.39 is 35.3 Å². The van der Waals surface area contributed by atoms with Gasteiger partial charge < -0.3 is 10.2 Å². The first-order valence-electron chi connectivity index (χ1n) is 9.29. The lowest BCUT2D eigenvalue weighted by atomic mass is 9.95. The molecule has 1 N–H and O–H groups in total. The number of carbonyl (C=O) groups is 2. The summed E-state index contributed by atoms with van der Waals surface area (Å²) in [4.78, 5) is 27.0.